The number of carbonyl (C=O) groups excluding carboxylic acids is 1. The summed E-state index contributed by atoms with van der Waals surface area (Å²) in [4.78, 5) is 13.2. The molecule has 0 aromatic heterocycles. The Labute approximate surface area is 407 Å². The molecule has 2 aliphatic rings. The van der Waals surface area contributed by atoms with Crippen molar-refractivity contribution in [2.75, 3.05) is 19.8 Å². The third-order valence-corrected chi connectivity index (χ3v) is 11.7. The lowest BCUT2D eigenvalue weighted by Crippen LogP contribution is -2.65. The first-order valence-corrected chi connectivity index (χ1v) is 25.5. The van der Waals surface area contributed by atoms with Crippen molar-refractivity contribution in [2.45, 2.75) is 216 Å². The van der Waals surface area contributed by atoms with Crippen molar-refractivity contribution in [3.63, 3.8) is 0 Å². The fourth-order valence-corrected chi connectivity index (χ4v) is 7.59. The topological polar surface area (TPSA) is 228 Å². The molecule has 0 aliphatic carbocycles. The summed E-state index contributed by atoms with van der Waals surface area (Å²) in [5, 5.41) is 86.6. The number of rotatable bonds is 37. The Kier molecular flexibility index (Phi) is 35.6. The third kappa shape index (κ3) is 26.2. The molecular formula is C54H89NO13. The van der Waals surface area contributed by atoms with Crippen LogP contribution in [0, 0.1) is 0 Å². The lowest BCUT2D eigenvalue weighted by Gasteiger charge is -2.46. The van der Waals surface area contributed by atoms with E-state index in [-0.39, 0.29) is 18.9 Å². The van der Waals surface area contributed by atoms with Crippen molar-refractivity contribution < 1.29 is 64.6 Å². The van der Waals surface area contributed by atoms with E-state index in [2.05, 4.69) is 104 Å². The largest absolute Gasteiger partial charge is 0.394 e. The molecule has 12 atom stereocenters. The maximum atomic E-state index is 13.2. The predicted molar refractivity (Wildman–Crippen MR) is 267 cm³/mol. The Morgan fingerprint density at radius 2 is 1.03 bits per heavy atom. The van der Waals surface area contributed by atoms with Gasteiger partial charge in [-0.15, -0.1) is 0 Å². The summed E-state index contributed by atoms with van der Waals surface area (Å²) < 4.78 is 22.6. The minimum absolute atomic E-state index is 0.250. The highest BCUT2D eigenvalue weighted by Crippen LogP contribution is 2.30. The molecule has 68 heavy (non-hydrogen) atoms. The molecule has 2 fully saturated rings. The molecule has 2 aliphatic heterocycles. The van der Waals surface area contributed by atoms with Crippen LogP contribution in [-0.2, 0) is 23.7 Å². The van der Waals surface area contributed by atoms with Crippen molar-refractivity contribution in [3.8, 4) is 0 Å². The first-order chi connectivity index (χ1) is 33.1. The van der Waals surface area contributed by atoms with Crippen LogP contribution in [0.15, 0.2) is 97.2 Å². The molecule has 0 spiro atoms. The number of amides is 1. The number of hydrogen-bond acceptors (Lipinski definition) is 13. The van der Waals surface area contributed by atoms with Crippen molar-refractivity contribution in [1.29, 1.82) is 0 Å². The van der Waals surface area contributed by atoms with Crippen molar-refractivity contribution in [3.05, 3.63) is 97.2 Å². The monoisotopic (exact) mass is 960 g/mol. The maximum Gasteiger partial charge on any atom is 0.220 e. The number of aliphatic hydroxyl groups excluding tert-OH is 8. The van der Waals surface area contributed by atoms with Crippen LogP contribution in [0.2, 0.25) is 0 Å². The van der Waals surface area contributed by atoms with Gasteiger partial charge >= 0.3 is 0 Å². The van der Waals surface area contributed by atoms with Gasteiger partial charge in [-0.05, 0) is 83.5 Å². The summed E-state index contributed by atoms with van der Waals surface area (Å²) in [6.07, 6.45) is 36.0. The minimum Gasteiger partial charge on any atom is -0.394 e. The predicted octanol–water partition coefficient (Wildman–Crippen LogP) is 6.76. The molecule has 0 saturated carbocycles. The van der Waals surface area contributed by atoms with Crippen LogP contribution in [-0.4, -0.2) is 140 Å². The number of allylic oxidation sites excluding steroid dienone is 15. The number of hydrogen-bond donors (Lipinski definition) is 9. The minimum atomic E-state index is -1.80. The standard InChI is InChI=1S/C54H89NO13/c1-3-5-7-9-11-13-15-16-17-18-19-20-21-22-23-24-25-26-28-30-32-34-36-38-46(59)55-42(43(58)37-35-33-31-29-27-14-12-10-8-6-4-2)41-65-53-51(64)49(62)52(45(40-57)67-53)68-54-50(63)48(61)47(60)44(39-56)66-54/h5,7-8,10-11,13,16-17,19-20,22-23,27,29,35,37,42-45,47-54,56-58,60-64H,3-4,6,9,12,14-15,18,21,24-26,28,30-34,36,38-41H2,1-2H3,(H,55,59)/b7-5-,10-8+,13-11-,17-16-,20-19-,23-22-,29-27+,37-35+. The van der Waals surface area contributed by atoms with Crippen LogP contribution >= 0.6 is 0 Å². The second-order valence-electron chi connectivity index (χ2n) is 17.5. The van der Waals surface area contributed by atoms with Gasteiger partial charge in [-0.25, -0.2) is 0 Å². The van der Waals surface area contributed by atoms with Crippen molar-refractivity contribution in [1.82, 2.24) is 5.32 Å². The molecule has 0 aromatic rings. The summed E-state index contributed by atoms with van der Waals surface area (Å²) in [6.45, 7) is 2.53. The average Bonchev–Trinajstić information content (AvgIpc) is 3.34. The molecule has 14 heteroatoms. The van der Waals surface area contributed by atoms with E-state index in [1.54, 1.807) is 6.08 Å². The average molecular weight is 960 g/mol. The van der Waals surface area contributed by atoms with Crippen LogP contribution in [0.5, 0.6) is 0 Å². The van der Waals surface area contributed by atoms with E-state index >= 15 is 0 Å². The lowest BCUT2D eigenvalue weighted by molar-refractivity contribution is -0.359. The normalized spacial score (nSPS) is 27.2. The molecule has 1 amide bonds. The molecule has 0 radical (unpaired) electrons. The Balaban J connectivity index is 1.81. The Bertz CT molecular complexity index is 1510. The molecule has 14 nitrogen and oxygen atoms in total. The van der Waals surface area contributed by atoms with Gasteiger partial charge in [-0.2, -0.15) is 0 Å². The first-order valence-electron chi connectivity index (χ1n) is 25.5. The van der Waals surface area contributed by atoms with Crippen LogP contribution in [0.25, 0.3) is 0 Å². The second kappa shape index (κ2) is 39.6. The van der Waals surface area contributed by atoms with Gasteiger partial charge in [0.2, 0.25) is 5.91 Å². The van der Waals surface area contributed by atoms with Gasteiger partial charge in [0, 0.05) is 6.42 Å². The van der Waals surface area contributed by atoms with E-state index in [1.165, 1.54) is 0 Å². The SMILES string of the molecule is CC/C=C\C/C=C\C/C=C\C/C=C\C/C=C\CCCCCCCCCC(=O)NC(COC1OC(CO)C(OC2OC(CO)C(O)C(O)C2O)C(O)C1O)C(O)/C=C/CC/C=C/CC/C=C/CCC. The molecule has 2 saturated heterocycles. The smallest absolute Gasteiger partial charge is 0.220 e. The zero-order valence-electron chi connectivity index (χ0n) is 41.0. The molecular weight excluding hydrogens is 871 g/mol. The highest BCUT2D eigenvalue weighted by Gasteiger charge is 2.51. The zero-order valence-corrected chi connectivity index (χ0v) is 41.0. The molecule has 12 unspecified atom stereocenters. The van der Waals surface area contributed by atoms with Gasteiger partial charge in [0.1, 0.15) is 48.8 Å². The highest BCUT2D eigenvalue weighted by atomic mass is 16.7. The van der Waals surface area contributed by atoms with E-state index in [0.717, 1.165) is 109 Å². The number of aliphatic hydroxyl groups is 8. The van der Waals surface area contributed by atoms with Crippen molar-refractivity contribution in [2.24, 2.45) is 0 Å². The van der Waals surface area contributed by atoms with E-state index in [0.29, 0.717) is 12.8 Å². The van der Waals surface area contributed by atoms with E-state index in [1.807, 2.05) is 6.08 Å². The van der Waals surface area contributed by atoms with E-state index in [4.69, 9.17) is 18.9 Å². The maximum absolute atomic E-state index is 13.2. The molecule has 2 heterocycles. The Morgan fingerprint density at radius 3 is 1.60 bits per heavy atom. The fourth-order valence-electron chi connectivity index (χ4n) is 7.59. The third-order valence-electron chi connectivity index (χ3n) is 11.7. The van der Waals surface area contributed by atoms with Crippen LogP contribution in [0.1, 0.15) is 142 Å². The van der Waals surface area contributed by atoms with Gasteiger partial charge in [-0.1, -0.05) is 150 Å². The van der Waals surface area contributed by atoms with Gasteiger partial charge in [-0.3, -0.25) is 4.79 Å². The summed E-state index contributed by atoms with van der Waals surface area (Å²) in [7, 11) is 0. The van der Waals surface area contributed by atoms with Gasteiger partial charge in [0.15, 0.2) is 12.6 Å². The summed E-state index contributed by atoms with van der Waals surface area (Å²) >= 11 is 0. The molecule has 0 bridgehead atoms. The van der Waals surface area contributed by atoms with Crippen LogP contribution in [0.3, 0.4) is 0 Å². The lowest BCUT2D eigenvalue weighted by atomic mass is 9.97. The molecule has 2 rings (SSSR count). The van der Waals surface area contributed by atoms with E-state index in [9.17, 15) is 45.6 Å². The Hall–Kier alpha value is -3.09. The van der Waals surface area contributed by atoms with E-state index < -0.39 is 86.8 Å². The highest BCUT2D eigenvalue weighted by molar-refractivity contribution is 5.76. The van der Waals surface area contributed by atoms with Crippen LogP contribution < -0.4 is 5.32 Å². The summed E-state index contributed by atoms with van der Waals surface area (Å²) in [5.74, 6) is -0.273. The van der Waals surface area contributed by atoms with Crippen molar-refractivity contribution >= 4 is 5.91 Å². The zero-order chi connectivity index (χ0) is 49.6. The van der Waals surface area contributed by atoms with Crippen LogP contribution in [0.4, 0.5) is 0 Å². The first kappa shape index (κ1) is 61.0. The summed E-state index contributed by atoms with van der Waals surface area (Å²) in [6, 6.07) is -0.948. The number of ether oxygens (including phenoxy) is 4. The molecule has 0 aromatic carbocycles. The van der Waals surface area contributed by atoms with Gasteiger partial charge < -0.3 is 65.1 Å². The number of nitrogens with one attached hydrogen (secondary N) is 1. The second-order valence-corrected chi connectivity index (χ2v) is 17.5. The fraction of sp³-hybridized carbons (Fsp3) is 0.685. The summed E-state index contributed by atoms with van der Waals surface area (Å²) in [5.41, 5.74) is 0. The number of carbonyl (C=O) groups is 1. The quantitative estimate of drug-likeness (QED) is 0.0232. The molecule has 388 valence electrons. The Morgan fingerprint density at radius 1 is 0.544 bits per heavy atom. The van der Waals surface area contributed by atoms with Gasteiger partial charge in [0.25, 0.3) is 0 Å². The van der Waals surface area contributed by atoms with Gasteiger partial charge in [0.05, 0.1) is 32.0 Å². The number of unbranched alkanes of at least 4 members (excludes halogenated alkanes) is 10. The molecule has 9 N–H and O–H groups in total.